The van der Waals surface area contributed by atoms with E-state index in [4.69, 9.17) is 4.74 Å². The molecule has 0 radical (unpaired) electrons. The third-order valence-electron chi connectivity index (χ3n) is 5.60. The molecule has 0 unspecified atom stereocenters. The first-order valence-corrected chi connectivity index (χ1v) is 10.7. The summed E-state index contributed by atoms with van der Waals surface area (Å²) in [5.74, 6) is -0.138. The Bertz CT molecular complexity index is 1050. The lowest BCUT2D eigenvalue weighted by Gasteiger charge is -2.34. The summed E-state index contributed by atoms with van der Waals surface area (Å²) in [7, 11) is 0. The second kappa shape index (κ2) is 9.55. The lowest BCUT2D eigenvalue weighted by Crippen LogP contribution is -2.47. The van der Waals surface area contributed by atoms with Gasteiger partial charge >= 0.3 is 5.97 Å². The number of amides is 1. The molecule has 0 N–H and O–H groups in total. The van der Waals surface area contributed by atoms with Crippen LogP contribution in [0.2, 0.25) is 0 Å². The Hall–Kier alpha value is -3.48. The normalized spacial score (nSPS) is 16.2. The van der Waals surface area contributed by atoms with E-state index in [9.17, 15) is 9.59 Å². The van der Waals surface area contributed by atoms with Gasteiger partial charge in [-0.1, -0.05) is 36.4 Å². The predicted octanol–water partition coefficient (Wildman–Crippen LogP) is 3.59. The molecule has 3 aromatic rings. The molecule has 1 amide bonds. The fourth-order valence-electron chi connectivity index (χ4n) is 4.09. The number of rotatable bonds is 6. The van der Waals surface area contributed by atoms with Crippen molar-refractivity contribution in [3.63, 3.8) is 0 Å². The van der Waals surface area contributed by atoms with Crippen molar-refractivity contribution in [2.24, 2.45) is 0 Å². The summed E-state index contributed by atoms with van der Waals surface area (Å²) in [4.78, 5) is 37.9. The quantitative estimate of drug-likeness (QED) is 0.570. The van der Waals surface area contributed by atoms with Gasteiger partial charge in [0.15, 0.2) is 6.61 Å². The summed E-state index contributed by atoms with van der Waals surface area (Å²) in [6, 6.07) is 15.1. The van der Waals surface area contributed by atoms with Crippen molar-refractivity contribution in [1.29, 1.82) is 0 Å². The lowest BCUT2D eigenvalue weighted by molar-refractivity contribution is -0.149. The van der Waals surface area contributed by atoms with Crippen molar-refractivity contribution in [1.82, 2.24) is 9.97 Å². The van der Waals surface area contributed by atoms with Crippen LogP contribution in [-0.2, 0) is 14.3 Å². The Morgan fingerprint density at radius 3 is 2.65 bits per heavy atom. The van der Waals surface area contributed by atoms with Crippen molar-refractivity contribution in [2.75, 3.05) is 29.5 Å². The lowest BCUT2D eigenvalue weighted by atomic mass is 10.0. The first kappa shape index (κ1) is 20.8. The van der Waals surface area contributed by atoms with Crippen LogP contribution in [0.3, 0.4) is 0 Å². The molecule has 0 saturated carbocycles. The maximum atomic E-state index is 13.0. The second-order valence-corrected chi connectivity index (χ2v) is 7.50. The molecule has 0 aliphatic carbocycles. The van der Waals surface area contributed by atoms with Gasteiger partial charge in [0.25, 0.3) is 5.91 Å². The minimum absolute atomic E-state index is 0.245. The molecule has 4 rings (SSSR count). The van der Waals surface area contributed by atoms with Gasteiger partial charge in [-0.2, -0.15) is 0 Å². The van der Waals surface area contributed by atoms with Crippen molar-refractivity contribution in [3.05, 3.63) is 60.9 Å². The second-order valence-electron chi connectivity index (χ2n) is 7.50. The van der Waals surface area contributed by atoms with Gasteiger partial charge in [-0.15, -0.1) is 0 Å². The number of aromatic nitrogens is 2. The molecule has 0 spiro atoms. The Morgan fingerprint density at radius 2 is 1.84 bits per heavy atom. The summed E-state index contributed by atoms with van der Waals surface area (Å²) < 4.78 is 5.48. The Morgan fingerprint density at radius 1 is 1.06 bits per heavy atom. The Kier molecular flexibility index (Phi) is 6.40. The summed E-state index contributed by atoms with van der Waals surface area (Å²) >= 11 is 0. The van der Waals surface area contributed by atoms with E-state index in [2.05, 4.69) is 9.97 Å². The fraction of sp³-hybridized carbons (Fsp3) is 0.333. The molecule has 1 atom stereocenters. The zero-order valence-electron chi connectivity index (χ0n) is 17.6. The van der Waals surface area contributed by atoms with E-state index in [1.165, 1.54) is 0 Å². The van der Waals surface area contributed by atoms with Gasteiger partial charge in [0.1, 0.15) is 6.04 Å². The molecule has 160 valence electrons. The molecule has 1 aliphatic rings. The molecule has 1 saturated heterocycles. The molecule has 7 nitrogen and oxygen atoms in total. The molecule has 0 bridgehead atoms. The molecule has 1 aliphatic heterocycles. The van der Waals surface area contributed by atoms with Crippen LogP contribution in [-0.4, -0.2) is 47.6 Å². The number of benzene rings is 2. The molecule has 1 aromatic heterocycles. The minimum Gasteiger partial charge on any atom is -0.454 e. The van der Waals surface area contributed by atoms with Crippen LogP contribution in [0.15, 0.2) is 60.9 Å². The molecular weight excluding hydrogens is 392 g/mol. The molecule has 1 fully saturated rings. The first-order chi connectivity index (χ1) is 15.2. The van der Waals surface area contributed by atoms with E-state index in [1.807, 2.05) is 54.3 Å². The summed E-state index contributed by atoms with van der Waals surface area (Å²) in [6.07, 6.45) is 5.87. The van der Waals surface area contributed by atoms with E-state index in [0.717, 1.165) is 29.3 Å². The highest BCUT2D eigenvalue weighted by molar-refractivity contribution is 6.04. The number of nitrogens with zero attached hydrogens (tertiary/aromatic N) is 4. The van der Waals surface area contributed by atoms with Crippen molar-refractivity contribution in [3.8, 4) is 0 Å². The zero-order chi connectivity index (χ0) is 21.6. The first-order valence-electron chi connectivity index (χ1n) is 10.7. The van der Waals surface area contributed by atoms with Gasteiger partial charge in [0.05, 0.1) is 5.69 Å². The number of hydrogen-bond donors (Lipinski definition) is 0. The maximum Gasteiger partial charge on any atom is 0.329 e. The molecule has 2 heterocycles. The number of hydrogen-bond acceptors (Lipinski definition) is 6. The highest BCUT2D eigenvalue weighted by atomic mass is 16.5. The van der Waals surface area contributed by atoms with E-state index < -0.39 is 12.0 Å². The monoisotopic (exact) mass is 418 g/mol. The van der Waals surface area contributed by atoms with Gasteiger partial charge in [0.2, 0.25) is 5.95 Å². The van der Waals surface area contributed by atoms with Crippen LogP contribution in [0, 0.1) is 0 Å². The predicted molar refractivity (Wildman–Crippen MR) is 120 cm³/mol. The van der Waals surface area contributed by atoms with E-state index >= 15 is 0 Å². The fourth-order valence-corrected chi connectivity index (χ4v) is 4.09. The Balaban J connectivity index is 1.46. The van der Waals surface area contributed by atoms with Crippen LogP contribution >= 0.6 is 0 Å². The third-order valence-corrected chi connectivity index (χ3v) is 5.60. The van der Waals surface area contributed by atoms with E-state index in [0.29, 0.717) is 25.5 Å². The van der Waals surface area contributed by atoms with Gasteiger partial charge < -0.3 is 14.5 Å². The minimum atomic E-state index is -0.475. The number of anilines is 2. The van der Waals surface area contributed by atoms with Crippen molar-refractivity contribution < 1.29 is 14.3 Å². The SMILES string of the molecule is CCN(C(=O)COC(=O)[C@@H]1CCCCN1c1ncccn1)c1cccc2ccccc12. The molecule has 2 aromatic carbocycles. The van der Waals surface area contributed by atoms with Crippen LogP contribution in [0.25, 0.3) is 10.8 Å². The summed E-state index contributed by atoms with van der Waals surface area (Å²) in [5, 5.41) is 2.05. The maximum absolute atomic E-state index is 13.0. The number of carbonyl (C=O) groups is 2. The van der Waals surface area contributed by atoms with Crippen molar-refractivity contribution >= 4 is 34.3 Å². The number of ether oxygens (including phenoxy) is 1. The molecule has 31 heavy (non-hydrogen) atoms. The van der Waals surface area contributed by atoms with Gasteiger partial charge in [-0.05, 0) is 43.7 Å². The van der Waals surface area contributed by atoms with Crippen LogP contribution < -0.4 is 9.80 Å². The Labute approximate surface area is 181 Å². The number of fused-ring (bicyclic) bond motifs is 1. The molecular formula is C24H26N4O3. The summed E-state index contributed by atoms with van der Waals surface area (Å²) in [5.41, 5.74) is 0.818. The standard InChI is InChI=1S/C24H26N4O3/c1-2-27(20-13-7-10-18-9-3-4-11-19(18)20)22(29)17-31-23(30)21-12-5-6-16-28(21)24-25-14-8-15-26-24/h3-4,7-11,13-15,21H,2,5-6,12,16-17H2,1H3/t21-/m0/s1. The highest BCUT2D eigenvalue weighted by Crippen LogP contribution is 2.27. The topological polar surface area (TPSA) is 75.6 Å². The van der Waals surface area contributed by atoms with Gasteiger partial charge in [-0.3, -0.25) is 4.79 Å². The highest BCUT2D eigenvalue weighted by Gasteiger charge is 2.32. The van der Waals surface area contributed by atoms with E-state index in [-0.39, 0.29) is 12.5 Å². The average Bonchev–Trinajstić information content (AvgIpc) is 2.83. The third kappa shape index (κ3) is 4.50. The van der Waals surface area contributed by atoms with Crippen LogP contribution in [0.1, 0.15) is 26.2 Å². The van der Waals surface area contributed by atoms with E-state index in [1.54, 1.807) is 23.4 Å². The average molecular weight is 418 g/mol. The van der Waals surface area contributed by atoms with Crippen LogP contribution in [0.4, 0.5) is 11.6 Å². The zero-order valence-corrected chi connectivity index (χ0v) is 17.6. The van der Waals surface area contributed by atoms with Crippen molar-refractivity contribution in [2.45, 2.75) is 32.2 Å². The number of piperidine rings is 1. The summed E-state index contributed by atoms with van der Waals surface area (Å²) in [6.45, 7) is 2.79. The largest absolute Gasteiger partial charge is 0.454 e. The smallest absolute Gasteiger partial charge is 0.329 e. The number of carbonyl (C=O) groups excluding carboxylic acids is 2. The molecule has 7 heteroatoms. The van der Waals surface area contributed by atoms with Gasteiger partial charge in [0, 0.05) is 30.9 Å². The number of esters is 1. The van der Waals surface area contributed by atoms with Gasteiger partial charge in [-0.25, -0.2) is 14.8 Å². The number of likely N-dealkylation sites (N-methyl/N-ethyl adjacent to an activating group) is 1. The van der Waals surface area contributed by atoms with Crippen LogP contribution in [0.5, 0.6) is 0 Å².